The van der Waals surface area contributed by atoms with Gasteiger partial charge in [0.05, 0.1) is 17.5 Å². The summed E-state index contributed by atoms with van der Waals surface area (Å²) in [5.74, 6) is 0.287. The summed E-state index contributed by atoms with van der Waals surface area (Å²) >= 11 is 4.88. The Labute approximate surface area is 112 Å². The maximum atomic E-state index is 12.2. The van der Waals surface area contributed by atoms with Gasteiger partial charge in [0.1, 0.15) is 4.99 Å². The highest BCUT2D eigenvalue weighted by Crippen LogP contribution is 2.19. The lowest BCUT2D eigenvalue weighted by Gasteiger charge is -2.01. The highest BCUT2D eigenvalue weighted by atomic mass is 32.1. The molecule has 0 atom stereocenters. The number of nitrogens with two attached hydrogens (primary N) is 1. The number of thiocarbonyl (C=S) groups is 1. The molecule has 0 unspecified atom stereocenters. The number of alkyl halides is 2. The molecule has 2 aromatic rings. The second-order valence-corrected chi connectivity index (χ2v) is 4.20. The topological polar surface area (TPSA) is 70.9 Å². The lowest BCUT2D eigenvalue weighted by molar-refractivity contribution is -0.0553. The van der Waals surface area contributed by atoms with Crippen LogP contribution in [-0.2, 0) is 7.05 Å². The second kappa shape index (κ2) is 4.92. The fraction of sp³-hybridized carbons (Fsp3) is 0.300. The Hall–Kier alpha value is -2.03. The summed E-state index contributed by atoms with van der Waals surface area (Å²) in [5.41, 5.74) is 6.82. The van der Waals surface area contributed by atoms with E-state index in [0.29, 0.717) is 17.1 Å². The minimum atomic E-state index is -2.91. The summed E-state index contributed by atoms with van der Waals surface area (Å²) in [4.78, 5) is 0.212. The third-order valence-electron chi connectivity index (χ3n) is 2.53. The van der Waals surface area contributed by atoms with Crippen molar-refractivity contribution in [3.05, 3.63) is 23.5 Å². The number of halogens is 2. The lowest BCUT2D eigenvalue weighted by Crippen LogP contribution is -2.11. The Kier molecular flexibility index (Phi) is 3.47. The van der Waals surface area contributed by atoms with Crippen LogP contribution < -0.4 is 10.5 Å². The van der Waals surface area contributed by atoms with Gasteiger partial charge in [-0.3, -0.25) is 0 Å². The molecule has 0 spiro atoms. The van der Waals surface area contributed by atoms with E-state index in [0.717, 1.165) is 0 Å². The first-order valence-corrected chi connectivity index (χ1v) is 5.64. The molecular weight excluding hydrogens is 276 g/mol. The van der Waals surface area contributed by atoms with Crippen LogP contribution in [0.3, 0.4) is 0 Å². The van der Waals surface area contributed by atoms with Crippen molar-refractivity contribution >= 4 is 17.2 Å². The quantitative estimate of drug-likeness (QED) is 0.854. The number of rotatable bonds is 4. The first kappa shape index (κ1) is 13.4. The molecule has 0 aliphatic rings. The van der Waals surface area contributed by atoms with E-state index in [1.807, 2.05) is 0 Å². The zero-order valence-electron chi connectivity index (χ0n) is 10.2. The zero-order valence-corrected chi connectivity index (χ0v) is 11.0. The van der Waals surface area contributed by atoms with Crippen LogP contribution in [0.1, 0.15) is 11.3 Å². The molecule has 0 aromatic carbocycles. The summed E-state index contributed by atoms with van der Waals surface area (Å²) in [6.45, 7) is -1.15. The standard InChI is InChI=1S/C10H11F2N5OS/c1-5-6(9(13)19)4-14-17(5)7-3-8(16(2)15-7)18-10(11)12/h3-4,10H,1-2H3,(H2,13,19). The van der Waals surface area contributed by atoms with E-state index in [4.69, 9.17) is 18.0 Å². The van der Waals surface area contributed by atoms with E-state index < -0.39 is 6.61 Å². The fourth-order valence-corrected chi connectivity index (χ4v) is 1.82. The normalized spacial score (nSPS) is 11.0. The average molecular weight is 287 g/mol. The fourth-order valence-electron chi connectivity index (χ4n) is 1.62. The van der Waals surface area contributed by atoms with Crippen molar-refractivity contribution in [2.45, 2.75) is 13.5 Å². The van der Waals surface area contributed by atoms with Gasteiger partial charge in [-0.05, 0) is 6.92 Å². The summed E-state index contributed by atoms with van der Waals surface area (Å²) < 4.78 is 31.3. The Morgan fingerprint density at radius 2 is 2.21 bits per heavy atom. The van der Waals surface area contributed by atoms with Gasteiger partial charge in [0, 0.05) is 13.1 Å². The summed E-state index contributed by atoms with van der Waals surface area (Å²) in [7, 11) is 1.49. The zero-order chi connectivity index (χ0) is 14.2. The smallest absolute Gasteiger partial charge is 0.388 e. The molecular formula is C10H11F2N5OS. The van der Waals surface area contributed by atoms with Gasteiger partial charge in [0.25, 0.3) is 0 Å². The van der Waals surface area contributed by atoms with E-state index in [-0.39, 0.29) is 10.9 Å². The van der Waals surface area contributed by atoms with Crippen molar-refractivity contribution in [3.63, 3.8) is 0 Å². The van der Waals surface area contributed by atoms with E-state index in [1.165, 1.54) is 28.7 Å². The first-order valence-electron chi connectivity index (χ1n) is 5.23. The molecule has 19 heavy (non-hydrogen) atoms. The molecule has 0 amide bonds. The maximum absolute atomic E-state index is 12.2. The average Bonchev–Trinajstić information content (AvgIpc) is 2.82. The van der Waals surface area contributed by atoms with Crippen LogP contribution in [0, 0.1) is 6.92 Å². The Bertz CT molecular complexity index is 621. The lowest BCUT2D eigenvalue weighted by atomic mass is 10.2. The molecule has 2 N–H and O–H groups in total. The minimum Gasteiger partial charge on any atom is -0.417 e. The Balaban J connectivity index is 2.40. The summed E-state index contributed by atoms with van der Waals surface area (Å²) in [6, 6.07) is 1.36. The van der Waals surface area contributed by atoms with E-state index in [9.17, 15) is 8.78 Å². The van der Waals surface area contributed by atoms with Crippen LogP contribution in [0.2, 0.25) is 0 Å². The van der Waals surface area contributed by atoms with E-state index in [2.05, 4.69) is 14.9 Å². The minimum absolute atomic E-state index is 0.0585. The molecule has 2 rings (SSSR count). The van der Waals surface area contributed by atoms with Gasteiger partial charge < -0.3 is 10.5 Å². The highest BCUT2D eigenvalue weighted by Gasteiger charge is 2.16. The molecule has 0 saturated heterocycles. The summed E-state index contributed by atoms with van der Waals surface area (Å²) in [5, 5.41) is 8.11. The largest absolute Gasteiger partial charge is 0.417 e. The van der Waals surface area contributed by atoms with Gasteiger partial charge >= 0.3 is 6.61 Å². The van der Waals surface area contributed by atoms with E-state index >= 15 is 0 Å². The van der Waals surface area contributed by atoms with Crippen molar-refractivity contribution in [1.29, 1.82) is 0 Å². The highest BCUT2D eigenvalue weighted by molar-refractivity contribution is 7.80. The monoisotopic (exact) mass is 287 g/mol. The van der Waals surface area contributed by atoms with Crippen molar-refractivity contribution in [3.8, 4) is 11.7 Å². The van der Waals surface area contributed by atoms with Crippen LogP contribution in [0.4, 0.5) is 8.78 Å². The predicted molar refractivity (Wildman–Crippen MR) is 67.6 cm³/mol. The van der Waals surface area contributed by atoms with Gasteiger partial charge in [-0.25, -0.2) is 9.36 Å². The van der Waals surface area contributed by atoms with Gasteiger partial charge in [-0.15, -0.1) is 5.10 Å². The van der Waals surface area contributed by atoms with Crippen LogP contribution in [0.5, 0.6) is 5.88 Å². The summed E-state index contributed by atoms with van der Waals surface area (Å²) in [6.07, 6.45) is 1.50. The van der Waals surface area contributed by atoms with Gasteiger partial charge in [-0.1, -0.05) is 12.2 Å². The number of aromatic nitrogens is 4. The Morgan fingerprint density at radius 1 is 1.53 bits per heavy atom. The molecule has 0 bridgehead atoms. The number of ether oxygens (including phenoxy) is 1. The SMILES string of the molecule is Cc1c(C(N)=S)cnn1-c1cc(OC(F)F)n(C)n1. The molecule has 2 heterocycles. The van der Waals surface area contributed by atoms with Crippen LogP contribution in [0.25, 0.3) is 5.82 Å². The van der Waals surface area contributed by atoms with Crippen molar-refractivity contribution in [2.24, 2.45) is 12.8 Å². The molecule has 9 heteroatoms. The first-order chi connectivity index (χ1) is 8.90. The molecule has 0 aliphatic heterocycles. The number of hydrogen-bond donors (Lipinski definition) is 1. The van der Waals surface area contributed by atoms with Crippen LogP contribution in [-0.4, -0.2) is 31.2 Å². The number of hydrogen-bond acceptors (Lipinski definition) is 4. The van der Waals surface area contributed by atoms with Gasteiger partial charge in [0.15, 0.2) is 5.82 Å². The van der Waals surface area contributed by atoms with Crippen molar-refractivity contribution in [1.82, 2.24) is 19.6 Å². The maximum Gasteiger partial charge on any atom is 0.388 e. The Morgan fingerprint density at radius 3 is 2.74 bits per heavy atom. The second-order valence-electron chi connectivity index (χ2n) is 3.76. The predicted octanol–water partition coefficient (Wildman–Crippen LogP) is 1.15. The molecule has 0 saturated carbocycles. The van der Waals surface area contributed by atoms with Crippen molar-refractivity contribution < 1.29 is 13.5 Å². The number of aryl methyl sites for hydroxylation is 1. The van der Waals surface area contributed by atoms with Gasteiger partial charge in [-0.2, -0.15) is 13.9 Å². The molecule has 0 radical (unpaired) electrons. The third-order valence-corrected chi connectivity index (χ3v) is 2.75. The molecule has 0 fully saturated rings. The van der Waals surface area contributed by atoms with Crippen molar-refractivity contribution in [2.75, 3.05) is 0 Å². The third kappa shape index (κ3) is 2.55. The molecule has 0 aliphatic carbocycles. The van der Waals surface area contributed by atoms with Crippen LogP contribution >= 0.6 is 12.2 Å². The number of nitrogens with zero attached hydrogens (tertiary/aromatic N) is 4. The van der Waals surface area contributed by atoms with Gasteiger partial charge in [0.2, 0.25) is 5.88 Å². The molecule has 6 nitrogen and oxygen atoms in total. The molecule has 102 valence electrons. The van der Waals surface area contributed by atoms with E-state index in [1.54, 1.807) is 6.92 Å². The van der Waals surface area contributed by atoms with Crippen LogP contribution in [0.15, 0.2) is 12.3 Å². The molecule has 2 aromatic heterocycles.